The number of imidazole rings is 1. The molecule has 4 rings (SSSR count). The van der Waals surface area contributed by atoms with Gasteiger partial charge in [-0.25, -0.2) is 18.7 Å². The molecule has 0 aliphatic heterocycles. The minimum Gasteiger partial charge on any atom is -0.479 e. The Hall–Kier alpha value is -3.48. The Labute approximate surface area is 154 Å². The van der Waals surface area contributed by atoms with E-state index in [1.165, 1.54) is 31.5 Å². The first-order valence-electron chi connectivity index (χ1n) is 8.27. The predicted octanol–water partition coefficient (Wildman–Crippen LogP) is 4.74. The molecule has 2 aromatic heterocycles. The Morgan fingerprint density at radius 3 is 2.41 bits per heavy atom. The lowest BCUT2D eigenvalue weighted by atomic mass is 10.2. The van der Waals surface area contributed by atoms with Gasteiger partial charge in [0.25, 0.3) is 0 Å². The number of anilines is 2. The van der Waals surface area contributed by atoms with Gasteiger partial charge in [-0.1, -0.05) is 23.8 Å². The number of fused-ring (bicyclic) bond motifs is 1. The number of benzene rings is 2. The molecule has 2 aromatic carbocycles. The summed E-state index contributed by atoms with van der Waals surface area (Å²) in [6.07, 6.45) is 3.08. The Kier molecular flexibility index (Phi) is 4.19. The monoisotopic (exact) mass is 366 g/mol. The van der Waals surface area contributed by atoms with E-state index < -0.39 is 11.6 Å². The molecule has 0 unspecified atom stereocenters. The van der Waals surface area contributed by atoms with E-state index in [9.17, 15) is 8.78 Å². The van der Waals surface area contributed by atoms with Crippen LogP contribution in [0.1, 0.15) is 5.56 Å². The lowest BCUT2D eigenvalue weighted by molar-refractivity contribution is 0.401. The number of rotatable bonds is 4. The van der Waals surface area contributed by atoms with Crippen molar-refractivity contribution in [3.63, 3.8) is 0 Å². The average molecular weight is 366 g/mol. The zero-order valence-corrected chi connectivity index (χ0v) is 14.7. The molecular weight excluding hydrogens is 350 g/mol. The van der Waals surface area contributed by atoms with Gasteiger partial charge in [0.05, 0.1) is 12.7 Å². The fourth-order valence-electron chi connectivity index (χ4n) is 2.91. The Bertz CT molecular complexity index is 1100. The normalized spacial score (nSPS) is 11.0. The van der Waals surface area contributed by atoms with Gasteiger partial charge >= 0.3 is 0 Å². The van der Waals surface area contributed by atoms with E-state index in [0.717, 1.165) is 11.3 Å². The quantitative estimate of drug-likeness (QED) is 0.567. The summed E-state index contributed by atoms with van der Waals surface area (Å²) in [7, 11) is 1.48. The van der Waals surface area contributed by atoms with Crippen molar-refractivity contribution in [1.82, 2.24) is 14.4 Å². The second kappa shape index (κ2) is 6.68. The molecule has 2 heterocycles. The first-order valence-corrected chi connectivity index (χ1v) is 8.27. The molecule has 1 N–H and O–H groups in total. The number of nitrogens with one attached hydrogen (secondary N) is 1. The molecule has 0 amide bonds. The van der Waals surface area contributed by atoms with Gasteiger partial charge in [0.2, 0.25) is 5.88 Å². The van der Waals surface area contributed by atoms with Crippen LogP contribution < -0.4 is 10.1 Å². The van der Waals surface area contributed by atoms with Crippen LogP contribution >= 0.6 is 0 Å². The number of aryl methyl sites for hydroxylation is 1. The van der Waals surface area contributed by atoms with Crippen molar-refractivity contribution in [1.29, 1.82) is 0 Å². The molecule has 4 aromatic rings. The maximum atomic E-state index is 14.4. The van der Waals surface area contributed by atoms with Gasteiger partial charge in [0.15, 0.2) is 17.2 Å². The van der Waals surface area contributed by atoms with Crippen molar-refractivity contribution in [3.8, 4) is 17.3 Å². The minimum absolute atomic E-state index is 0.121. The highest BCUT2D eigenvalue weighted by Crippen LogP contribution is 2.34. The topological polar surface area (TPSA) is 51.5 Å². The van der Waals surface area contributed by atoms with Crippen molar-refractivity contribution in [2.24, 2.45) is 0 Å². The molecule has 0 bridgehead atoms. The molecule has 0 atom stereocenters. The molecule has 5 nitrogen and oxygen atoms in total. The van der Waals surface area contributed by atoms with Gasteiger partial charge in [0.1, 0.15) is 11.6 Å². The van der Waals surface area contributed by atoms with Gasteiger partial charge in [-0.05, 0) is 31.2 Å². The SMILES string of the molecule is COc1nccn2c(-c3c(F)cccc3F)nc(Nc3ccc(C)cc3)c12. The third kappa shape index (κ3) is 2.97. The summed E-state index contributed by atoms with van der Waals surface area (Å²) in [5, 5.41) is 3.18. The highest BCUT2D eigenvalue weighted by molar-refractivity contribution is 5.82. The number of methoxy groups -OCH3 is 1. The molecule has 0 saturated heterocycles. The van der Waals surface area contributed by atoms with Crippen molar-refractivity contribution in [2.75, 3.05) is 12.4 Å². The molecule has 0 fully saturated rings. The molecule has 136 valence electrons. The summed E-state index contributed by atoms with van der Waals surface area (Å²) in [4.78, 5) is 8.64. The number of halogens is 2. The Balaban J connectivity index is 1.95. The van der Waals surface area contributed by atoms with E-state index in [1.807, 2.05) is 31.2 Å². The van der Waals surface area contributed by atoms with Gasteiger partial charge in [-0.15, -0.1) is 0 Å². The maximum absolute atomic E-state index is 14.4. The minimum atomic E-state index is -0.695. The van der Waals surface area contributed by atoms with Crippen LogP contribution in [0.3, 0.4) is 0 Å². The van der Waals surface area contributed by atoms with Crippen LogP contribution in [0.25, 0.3) is 16.9 Å². The van der Waals surface area contributed by atoms with Crippen LogP contribution in [0.15, 0.2) is 54.9 Å². The molecule has 0 aliphatic rings. The summed E-state index contributed by atoms with van der Waals surface area (Å²) >= 11 is 0. The molecule has 0 spiro atoms. The van der Waals surface area contributed by atoms with Gasteiger partial charge < -0.3 is 10.1 Å². The van der Waals surface area contributed by atoms with E-state index in [2.05, 4.69) is 15.3 Å². The van der Waals surface area contributed by atoms with Crippen molar-refractivity contribution >= 4 is 17.0 Å². The predicted molar refractivity (Wildman–Crippen MR) is 99.4 cm³/mol. The molecule has 0 saturated carbocycles. The first kappa shape index (κ1) is 17.0. The lowest BCUT2D eigenvalue weighted by Gasteiger charge is -2.07. The number of ether oxygens (including phenoxy) is 1. The Morgan fingerprint density at radius 1 is 1.04 bits per heavy atom. The van der Waals surface area contributed by atoms with Crippen LogP contribution in [-0.2, 0) is 0 Å². The van der Waals surface area contributed by atoms with Crippen molar-refractivity contribution in [3.05, 3.63) is 72.1 Å². The fourth-order valence-corrected chi connectivity index (χ4v) is 2.91. The number of nitrogens with zero attached hydrogens (tertiary/aromatic N) is 3. The fraction of sp³-hybridized carbons (Fsp3) is 0.100. The smallest absolute Gasteiger partial charge is 0.242 e. The molecule has 27 heavy (non-hydrogen) atoms. The third-order valence-corrected chi connectivity index (χ3v) is 4.22. The van der Waals surface area contributed by atoms with Crippen molar-refractivity contribution < 1.29 is 13.5 Å². The highest BCUT2D eigenvalue weighted by atomic mass is 19.1. The maximum Gasteiger partial charge on any atom is 0.242 e. The summed E-state index contributed by atoms with van der Waals surface area (Å²) in [6, 6.07) is 11.4. The first-order chi connectivity index (χ1) is 13.1. The third-order valence-electron chi connectivity index (χ3n) is 4.22. The van der Waals surface area contributed by atoms with Crippen LogP contribution in [0.2, 0.25) is 0 Å². The standard InChI is InChI=1S/C20H16F2N4O/c1-12-6-8-13(9-7-12)24-18-17-20(27-2)23-10-11-26(17)19(25-18)16-14(21)4-3-5-15(16)22/h3-11,24H,1-2H3. The van der Waals surface area contributed by atoms with Crippen LogP contribution in [0, 0.1) is 18.6 Å². The number of aromatic nitrogens is 3. The largest absolute Gasteiger partial charge is 0.479 e. The number of hydrogen-bond acceptors (Lipinski definition) is 4. The summed E-state index contributed by atoms with van der Waals surface area (Å²) < 4.78 is 35.6. The van der Waals surface area contributed by atoms with Crippen molar-refractivity contribution in [2.45, 2.75) is 6.92 Å². The van der Waals surface area contributed by atoms with E-state index >= 15 is 0 Å². The van der Waals surface area contributed by atoms with Crippen LogP contribution in [0.5, 0.6) is 5.88 Å². The second-order valence-electron chi connectivity index (χ2n) is 6.03. The van der Waals surface area contributed by atoms with Gasteiger partial charge in [0, 0.05) is 18.1 Å². The Morgan fingerprint density at radius 2 is 1.74 bits per heavy atom. The van der Waals surface area contributed by atoms with E-state index in [4.69, 9.17) is 4.74 Å². The summed E-state index contributed by atoms with van der Waals surface area (Å²) in [5.74, 6) is -0.584. The van der Waals surface area contributed by atoms with E-state index in [-0.39, 0.29) is 11.4 Å². The zero-order valence-electron chi connectivity index (χ0n) is 14.7. The van der Waals surface area contributed by atoms with Gasteiger partial charge in [-0.3, -0.25) is 4.40 Å². The molecular formula is C20H16F2N4O. The van der Waals surface area contributed by atoms with E-state index in [1.54, 1.807) is 10.6 Å². The molecule has 0 radical (unpaired) electrons. The second-order valence-corrected chi connectivity index (χ2v) is 6.03. The van der Waals surface area contributed by atoms with Crippen LogP contribution in [-0.4, -0.2) is 21.5 Å². The average Bonchev–Trinajstić information content (AvgIpc) is 3.02. The molecule has 0 aliphatic carbocycles. The lowest BCUT2D eigenvalue weighted by Crippen LogP contribution is -1.98. The highest BCUT2D eigenvalue weighted by Gasteiger charge is 2.22. The number of hydrogen-bond donors (Lipinski definition) is 1. The van der Waals surface area contributed by atoms with Crippen LogP contribution in [0.4, 0.5) is 20.3 Å². The van der Waals surface area contributed by atoms with E-state index in [0.29, 0.717) is 17.2 Å². The summed E-state index contributed by atoms with van der Waals surface area (Å²) in [5.41, 5.74) is 2.17. The molecule has 7 heteroatoms. The van der Waals surface area contributed by atoms with Gasteiger partial charge in [-0.2, -0.15) is 0 Å². The zero-order chi connectivity index (χ0) is 19.0. The summed E-state index contributed by atoms with van der Waals surface area (Å²) in [6.45, 7) is 1.99.